The maximum atomic E-state index is 3.74. The number of hydrogen-bond acceptors (Lipinski definition) is 2. The van der Waals surface area contributed by atoms with Gasteiger partial charge in [0.1, 0.15) is 0 Å². The average Bonchev–Trinajstić information content (AvgIpc) is 2.56. The lowest BCUT2D eigenvalue weighted by molar-refractivity contribution is 0.471. The van der Waals surface area contributed by atoms with Crippen molar-refractivity contribution >= 4 is 0 Å². The Balaban J connectivity index is 1.69. The Hall–Kier alpha value is -0.340. The van der Waals surface area contributed by atoms with Crippen molar-refractivity contribution in [3.63, 3.8) is 0 Å². The molecular formula is C13H24N2. The summed E-state index contributed by atoms with van der Waals surface area (Å²) in [4.78, 5) is 0. The molecule has 0 saturated heterocycles. The third kappa shape index (κ3) is 3.96. The van der Waals surface area contributed by atoms with Gasteiger partial charge in [0, 0.05) is 19.1 Å². The maximum absolute atomic E-state index is 3.74. The van der Waals surface area contributed by atoms with Crippen molar-refractivity contribution in [2.24, 2.45) is 0 Å². The number of hydrogen-bond donors (Lipinski definition) is 2. The van der Waals surface area contributed by atoms with Crippen LogP contribution in [0.4, 0.5) is 0 Å². The highest BCUT2D eigenvalue weighted by molar-refractivity contribution is 5.08. The third-order valence-corrected chi connectivity index (χ3v) is 3.63. The summed E-state index contributed by atoms with van der Waals surface area (Å²) in [7, 11) is 0. The van der Waals surface area contributed by atoms with E-state index in [0.717, 1.165) is 25.7 Å². The van der Waals surface area contributed by atoms with E-state index in [9.17, 15) is 0 Å². The minimum absolute atomic E-state index is 0.795. The molecule has 0 spiro atoms. The summed E-state index contributed by atoms with van der Waals surface area (Å²) < 4.78 is 0. The molecular weight excluding hydrogens is 184 g/mol. The molecule has 2 N–H and O–H groups in total. The summed E-state index contributed by atoms with van der Waals surface area (Å²) in [6, 6.07) is 0.795. The number of rotatable bonds is 3. The fraction of sp³-hybridized carbons (Fsp3) is 0.846. The first kappa shape index (κ1) is 11.2. The van der Waals surface area contributed by atoms with Crippen LogP contribution >= 0.6 is 0 Å². The maximum Gasteiger partial charge on any atom is 0.0168 e. The number of nitrogens with one attached hydrogen (secondary N) is 2. The van der Waals surface area contributed by atoms with Gasteiger partial charge in [-0.05, 0) is 25.8 Å². The van der Waals surface area contributed by atoms with Crippen LogP contribution in [0.5, 0.6) is 0 Å². The summed E-state index contributed by atoms with van der Waals surface area (Å²) in [6.07, 6.45) is 12.1. The van der Waals surface area contributed by atoms with E-state index in [4.69, 9.17) is 0 Å². The highest BCUT2D eigenvalue weighted by Crippen LogP contribution is 2.17. The summed E-state index contributed by atoms with van der Waals surface area (Å²) >= 11 is 0. The second kappa shape index (κ2) is 6.29. The zero-order valence-corrected chi connectivity index (χ0v) is 9.73. The zero-order chi connectivity index (χ0) is 10.3. The second-order valence-corrected chi connectivity index (χ2v) is 4.89. The van der Waals surface area contributed by atoms with Crippen molar-refractivity contribution < 1.29 is 0 Å². The molecule has 0 aromatic carbocycles. The normalized spacial score (nSPS) is 24.7. The highest BCUT2D eigenvalue weighted by atomic mass is 14.9. The molecule has 0 amide bonds. The Morgan fingerprint density at radius 2 is 2.00 bits per heavy atom. The largest absolute Gasteiger partial charge is 0.313 e. The summed E-state index contributed by atoms with van der Waals surface area (Å²) in [6.45, 7) is 3.37. The van der Waals surface area contributed by atoms with E-state index in [2.05, 4.69) is 16.7 Å². The molecule has 1 aliphatic heterocycles. The third-order valence-electron chi connectivity index (χ3n) is 3.63. The summed E-state index contributed by atoms with van der Waals surface area (Å²) in [5, 5.41) is 7.09. The lowest BCUT2D eigenvalue weighted by Gasteiger charge is -2.19. The van der Waals surface area contributed by atoms with Gasteiger partial charge in [0.15, 0.2) is 0 Å². The Labute approximate surface area is 93.5 Å². The van der Waals surface area contributed by atoms with Crippen LogP contribution in [0.2, 0.25) is 0 Å². The minimum atomic E-state index is 0.795. The van der Waals surface area contributed by atoms with Gasteiger partial charge >= 0.3 is 0 Å². The van der Waals surface area contributed by atoms with Crippen molar-refractivity contribution in [2.75, 3.05) is 19.6 Å². The molecule has 0 aromatic rings. The highest BCUT2D eigenvalue weighted by Gasteiger charge is 2.12. The average molecular weight is 208 g/mol. The van der Waals surface area contributed by atoms with Crippen molar-refractivity contribution in [2.45, 2.75) is 51.0 Å². The fourth-order valence-electron chi connectivity index (χ4n) is 2.59. The molecule has 2 rings (SSSR count). The predicted octanol–water partition coefficient (Wildman–Crippen LogP) is 2.22. The summed E-state index contributed by atoms with van der Waals surface area (Å²) in [5.74, 6) is 0. The van der Waals surface area contributed by atoms with Gasteiger partial charge in [-0.25, -0.2) is 0 Å². The van der Waals surface area contributed by atoms with Gasteiger partial charge in [-0.15, -0.1) is 0 Å². The van der Waals surface area contributed by atoms with E-state index < -0.39 is 0 Å². The van der Waals surface area contributed by atoms with Gasteiger partial charge in [0.05, 0.1) is 0 Å². The van der Waals surface area contributed by atoms with Crippen LogP contribution in [0.15, 0.2) is 11.6 Å². The van der Waals surface area contributed by atoms with E-state index in [1.54, 1.807) is 5.57 Å². The zero-order valence-electron chi connectivity index (χ0n) is 9.73. The van der Waals surface area contributed by atoms with Gasteiger partial charge in [-0.3, -0.25) is 0 Å². The molecule has 1 saturated carbocycles. The molecule has 1 aliphatic carbocycles. The molecule has 0 unspecified atom stereocenters. The lowest BCUT2D eigenvalue weighted by Crippen LogP contribution is -2.32. The Kier molecular flexibility index (Phi) is 4.68. The van der Waals surface area contributed by atoms with Crippen molar-refractivity contribution in [3.05, 3.63) is 11.6 Å². The molecule has 0 radical (unpaired) electrons. The molecule has 2 aliphatic rings. The summed E-state index contributed by atoms with van der Waals surface area (Å²) in [5.41, 5.74) is 1.61. The van der Waals surface area contributed by atoms with Crippen LogP contribution in [0, 0.1) is 0 Å². The first-order chi connectivity index (χ1) is 7.45. The SMILES string of the molecule is C1=C(CNC2CCCCCC2)CCNC1. The molecule has 0 bridgehead atoms. The second-order valence-electron chi connectivity index (χ2n) is 4.89. The van der Waals surface area contributed by atoms with Crippen LogP contribution in [0.25, 0.3) is 0 Å². The van der Waals surface area contributed by atoms with Crippen LogP contribution in [-0.4, -0.2) is 25.7 Å². The van der Waals surface area contributed by atoms with Crippen LogP contribution in [0.1, 0.15) is 44.9 Å². The Bertz CT molecular complexity index is 203. The topological polar surface area (TPSA) is 24.1 Å². The van der Waals surface area contributed by atoms with Crippen LogP contribution < -0.4 is 10.6 Å². The van der Waals surface area contributed by atoms with Gasteiger partial charge in [0.2, 0.25) is 0 Å². The fourth-order valence-corrected chi connectivity index (χ4v) is 2.59. The van der Waals surface area contributed by atoms with Crippen molar-refractivity contribution in [1.29, 1.82) is 0 Å². The van der Waals surface area contributed by atoms with Gasteiger partial charge in [-0.1, -0.05) is 37.3 Å². The van der Waals surface area contributed by atoms with Gasteiger partial charge in [0.25, 0.3) is 0 Å². The smallest absolute Gasteiger partial charge is 0.0168 e. The molecule has 2 nitrogen and oxygen atoms in total. The van der Waals surface area contributed by atoms with E-state index in [0.29, 0.717) is 0 Å². The van der Waals surface area contributed by atoms with E-state index in [1.165, 1.54) is 44.9 Å². The molecule has 1 heterocycles. The quantitative estimate of drug-likeness (QED) is 0.549. The molecule has 86 valence electrons. The van der Waals surface area contributed by atoms with E-state index in [-0.39, 0.29) is 0 Å². The van der Waals surface area contributed by atoms with Gasteiger partial charge < -0.3 is 10.6 Å². The van der Waals surface area contributed by atoms with Crippen molar-refractivity contribution in [3.8, 4) is 0 Å². The van der Waals surface area contributed by atoms with Crippen molar-refractivity contribution in [1.82, 2.24) is 10.6 Å². The standard InChI is InChI=1S/C13H24N2/c1-2-4-6-13(5-3-1)15-11-12-7-9-14-10-8-12/h7,13-15H,1-6,8-11H2. The van der Waals surface area contributed by atoms with Crippen LogP contribution in [0.3, 0.4) is 0 Å². The Morgan fingerprint density at radius 3 is 2.67 bits per heavy atom. The van der Waals surface area contributed by atoms with E-state index in [1.807, 2.05) is 0 Å². The molecule has 1 fully saturated rings. The molecule has 0 aromatic heterocycles. The first-order valence-electron chi connectivity index (χ1n) is 6.57. The molecule has 0 atom stereocenters. The molecule has 2 heteroatoms. The minimum Gasteiger partial charge on any atom is -0.313 e. The molecule has 15 heavy (non-hydrogen) atoms. The Morgan fingerprint density at radius 1 is 1.20 bits per heavy atom. The van der Waals surface area contributed by atoms with Gasteiger partial charge in [-0.2, -0.15) is 0 Å². The predicted molar refractivity (Wildman–Crippen MR) is 65.1 cm³/mol. The van der Waals surface area contributed by atoms with Crippen LogP contribution in [-0.2, 0) is 0 Å². The monoisotopic (exact) mass is 208 g/mol. The lowest BCUT2D eigenvalue weighted by atomic mass is 10.1. The first-order valence-corrected chi connectivity index (χ1v) is 6.57. The van der Waals surface area contributed by atoms with E-state index >= 15 is 0 Å².